The van der Waals surface area contributed by atoms with Gasteiger partial charge in [-0.05, 0) is 114 Å². The topological polar surface area (TPSA) is 220 Å². The molecule has 0 aliphatic heterocycles. The van der Waals surface area contributed by atoms with Crippen LogP contribution >= 0.6 is 11.6 Å². The quantitative estimate of drug-likeness (QED) is 0.0655. The molecular formula is C36H58ClN9O8. The minimum absolute atomic E-state index is 0.0607. The lowest BCUT2D eigenvalue weighted by atomic mass is 9.89. The number of nitro groups is 1. The van der Waals surface area contributed by atoms with Crippen LogP contribution in [0.3, 0.4) is 0 Å². The highest BCUT2D eigenvalue weighted by Crippen LogP contribution is 2.32. The van der Waals surface area contributed by atoms with E-state index in [9.17, 15) is 29.3 Å². The summed E-state index contributed by atoms with van der Waals surface area (Å²) in [6, 6.07) is 3.07. The summed E-state index contributed by atoms with van der Waals surface area (Å²) in [6.45, 7) is 20.4. The van der Waals surface area contributed by atoms with Crippen molar-refractivity contribution >= 4 is 41.4 Å². The fourth-order valence-corrected chi connectivity index (χ4v) is 5.00. The molecule has 1 aromatic heterocycles. The number of hydrogen-bond acceptors (Lipinski definition) is 10. The van der Waals surface area contributed by atoms with Gasteiger partial charge in [0.1, 0.15) is 22.0 Å². The van der Waals surface area contributed by atoms with E-state index in [0.717, 1.165) is 0 Å². The third-order valence-corrected chi connectivity index (χ3v) is 7.71. The summed E-state index contributed by atoms with van der Waals surface area (Å²) in [5.41, 5.74) is 2.81. The number of unbranched alkanes of at least 4 members (excludes halogenated alkanes) is 1. The molecule has 0 radical (unpaired) electrons. The number of carbonyl (C=O) groups is 4. The standard InChI is InChI=1S/C36H58ClN9O8/c1-33(2,3)43-30(48)41-25(15-12-13-18-38-31(49)53-34(4,5)6)28-42-27(22-45(28)23-16-17-24(37)26(21-23)46(51)52)36(10,11)29(47)44-40-20-14-19-39-32(50)54-35(7,8)9/h16-17,21-22,25,40H,12-15,18-20H2,1-11H3,(H,38,49)(H,39,50)(H,44,47)(H2,41,43,48)/t25-/m0/s1. The second kappa shape index (κ2) is 19.1. The van der Waals surface area contributed by atoms with E-state index >= 15 is 0 Å². The van der Waals surface area contributed by atoms with Crippen LogP contribution < -0.4 is 32.1 Å². The van der Waals surface area contributed by atoms with Crippen molar-refractivity contribution in [1.29, 1.82) is 0 Å². The minimum Gasteiger partial charge on any atom is -0.444 e. The number of alkyl carbamates (subject to hydrolysis) is 2. The molecule has 18 heteroatoms. The minimum atomic E-state index is -1.24. The van der Waals surface area contributed by atoms with Gasteiger partial charge in [0.15, 0.2) is 0 Å². The van der Waals surface area contributed by atoms with Crippen molar-refractivity contribution in [3.63, 3.8) is 0 Å². The van der Waals surface area contributed by atoms with Gasteiger partial charge in [0.25, 0.3) is 5.69 Å². The van der Waals surface area contributed by atoms with Gasteiger partial charge in [-0.25, -0.2) is 24.8 Å². The number of imidazole rings is 1. The number of halogens is 1. The molecule has 1 heterocycles. The summed E-state index contributed by atoms with van der Waals surface area (Å²) in [5, 5.41) is 23.0. The first kappa shape index (κ1) is 45.5. The van der Waals surface area contributed by atoms with Crippen LogP contribution in [0.1, 0.15) is 119 Å². The van der Waals surface area contributed by atoms with E-state index in [1.165, 1.54) is 12.1 Å². The van der Waals surface area contributed by atoms with Crippen LogP contribution in [0, 0.1) is 10.1 Å². The molecule has 0 saturated heterocycles. The summed E-state index contributed by atoms with van der Waals surface area (Å²) in [5.74, 6) is -0.114. The smallest absolute Gasteiger partial charge is 0.407 e. The molecule has 0 saturated carbocycles. The van der Waals surface area contributed by atoms with Gasteiger partial charge in [0.05, 0.1) is 27.8 Å². The third kappa shape index (κ3) is 15.8. The SMILES string of the molecule is CC(C)(C)NC(=O)N[C@@H](CCCCNC(=O)OC(C)(C)C)c1nc(C(C)(C)C(=O)NNCCCNC(=O)OC(C)(C)C)cn1-c1ccc(Cl)c([N+](=O)[O-])c1. The number of rotatable bonds is 16. The molecule has 6 N–H and O–H groups in total. The molecule has 0 fully saturated rings. The number of nitrogens with zero attached hydrogens (tertiary/aromatic N) is 3. The molecule has 5 amide bonds. The van der Waals surface area contributed by atoms with Gasteiger partial charge in [-0.2, -0.15) is 0 Å². The lowest BCUT2D eigenvalue weighted by molar-refractivity contribution is -0.384. The summed E-state index contributed by atoms with van der Waals surface area (Å²) in [4.78, 5) is 67.0. The second-order valence-electron chi connectivity index (χ2n) is 16.4. The van der Waals surface area contributed by atoms with Crippen LogP contribution in [-0.2, 0) is 19.7 Å². The molecule has 1 atom stereocenters. The van der Waals surface area contributed by atoms with Gasteiger partial charge in [0, 0.05) is 37.4 Å². The van der Waals surface area contributed by atoms with Gasteiger partial charge in [-0.15, -0.1) is 0 Å². The largest absolute Gasteiger partial charge is 0.444 e. The maximum absolute atomic E-state index is 13.6. The Balaban J connectivity index is 2.39. The number of ether oxygens (including phenoxy) is 2. The van der Waals surface area contributed by atoms with Gasteiger partial charge in [-0.1, -0.05) is 11.6 Å². The van der Waals surface area contributed by atoms with E-state index in [4.69, 9.17) is 26.1 Å². The van der Waals surface area contributed by atoms with Crippen LogP contribution in [0.4, 0.5) is 20.1 Å². The first-order valence-corrected chi connectivity index (χ1v) is 18.3. The number of hydrazine groups is 1. The number of carbonyl (C=O) groups excluding carboxylic acids is 4. The first-order valence-electron chi connectivity index (χ1n) is 17.9. The molecule has 2 aromatic rings. The van der Waals surface area contributed by atoms with Crippen molar-refractivity contribution in [3.8, 4) is 5.69 Å². The van der Waals surface area contributed by atoms with Crippen molar-refractivity contribution in [2.45, 2.75) is 130 Å². The van der Waals surface area contributed by atoms with E-state index in [2.05, 4.69) is 32.1 Å². The lowest BCUT2D eigenvalue weighted by Gasteiger charge is -2.25. The molecule has 302 valence electrons. The van der Waals surface area contributed by atoms with Crippen molar-refractivity contribution in [2.24, 2.45) is 0 Å². The molecule has 0 aliphatic carbocycles. The number of hydrogen-bond donors (Lipinski definition) is 6. The lowest BCUT2D eigenvalue weighted by Crippen LogP contribution is -2.48. The van der Waals surface area contributed by atoms with E-state index in [1.54, 1.807) is 72.2 Å². The van der Waals surface area contributed by atoms with Gasteiger partial charge in [0.2, 0.25) is 5.91 Å². The molecule has 2 rings (SSSR count). The Bertz CT molecular complexity index is 1620. The summed E-state index contributed by atoms with van der Waals surface area (Å²) in [6.07, 6.45) is 2.43. The molecule has 0 aliphatic rings. The predicted molar refractivity (Wildman–Crippen MR) is 206 cm³/mol. The van der Waals surface area contributed by atoms with Crippen molar-refractivity contribution < 1.29 is 33.6 Å². The summed E-state index contributed by atoms with van der Waals surface area (Å²) < 4.78 is 12.1. The first-order chi connectivity index (χ1) is 24.8. The highest BCUT2D eigenvalue weighted by Gasteiger charge is 2.35. The number of urea groups is 1. The second-order valence-corrected chi connectivity index (χ2v) is 16.8. The number of amides is 5. The fraction of sp³-hybridized carbons (Fsp3) is 0.639. The predicted octanol–water partition coefficient (Wildman–Crippen LogP) is 6.08. The highest BCUT2D eigenvalue weighted by molar-refractivity contribution is 6.32. The van der Waals surface area contributed by atoms with E-state index in [0.29, 0.717) is 62.5 Å². The Morgan fingerprint density at radius 3 is 1.98 bits per heavy atom. The van der Waals surface area contributed by atoms with E-state index in [-0.39, 0.29) is 10.7 Å². The molecule has 1 aromatic carbocycles. The molecule has 0 unspecified atom stereocenters. The zero-order valence-electron chi connectivity index (χ0n) is 33.3. The molecule has 0 bridgehead atoms. The Labute approximate surface area is 322 Å². The monoisotopic (exact) mass is 779 g/mol. The van der Waals surface area contributed by atoms with E-state index < -0.39 is 57.2 Å². The number of nitrogens with one attached hydrogen (secondary N) is 6. The number of benzene rings is 1. The maximum atomic E-state index is 13.6. The van der Waals surface area contributed by atoms with E-state index in [1.807, 2.05) is 20.8 Å². The Morgan fingerprint density at radius 2 is 1.44 bits per heavy atom. The van der Waals surface area contributed by atoms with Gasteiger partial charge < -0.3 is 35.3 Å². The molecule has 54 heavy (non-hydrogen) atoms. The normalized spacial score (nSPS) is 12.7. The Hall–Kier alpha value is -4.64. The van der Waals surface area contributed by atoms with Crippen molar-refractivity contribution in [3.05, 3.63) is 51.1 Å². The molecular weight excluding hydrogens is 722 g/mol. The number of aromatic nitrogens is 2. The zero-order chi connectivity index (χ0) is 41.1. The third-order valence-electron chi connectivity index (χ3n) is 7.39. The fourth-order valence-electron chi connectivity index (χ4n) is 4.81. The van der Waals surface area contributed by atoms with Crippen molar-refractivity contribution in [1.82, 2.24) is 41.7 Å². The van der Waals surface area contributed by atoms with Crippen LogP contribution in [0.25, 0.3) is 5.69 Å². The van der Waals surface area contributed by atoms with Crippen LogP contribution in [0.5, 0.6) is 0 Å². The van der Waals surface area contributed by atoms with Crippen molar-refractivity contribution in [2.75, 3.05) is 19.6 Å². The average molecular weight is 780 g/mol. The zero-order valence-corrected chi connectivity index (χ0v) is 34.1. The average Bonchev–Trinajstić information content (AvgIpc) is 3.45. The van der Waals surface area contributed by atoms with Crippen LogP contribution in [0.15, 0.2) is 24.4 Å². The molecule has 0 spiro atoms. The Kier molecular flexibility index (Phi) is 16.1. The van der Waals surface area contributed by atoms with Gasteiger partial charge in [-0.3, -0.25) is 20.3 Å². The highest BCUT2D eigenvalue weighted by atomic mass is 35.5. The Morgan fingerprint density at radius 1 is 0.870 bits per heavy atom. The molecule has 17 nitrogen and oxygen atoms in total. The van der Waals surface area contributed by atoms with Gasteiger partial charge >= 0.3 is 18.2 Å². The van der Waals surface area contributed by atoms with Crippen LogP contribution in [0.2, 0.25) is 5.02 Å². The maximum Gasteiger partial charge on any atom is 0.407 e. The summed E-state index contributed by atoms with van der Waals surface area (Å²) in [7, 11) is 0. The van der Waals surface area contributed by atoms with Crippen LogP contribution in [-0.4, -0.2) is 75.0 Å². The number of nitro benzene ring substituents is 1. The summed E-state index contributed by atoms with van der Waals surface area (Å²) >= 11 is 6.15.